The lowest BCUT2D eigenvalue weighted by Gasteiger charge is -2.10. The minimum Gasteiger partial charge on any atom is -0.494 e. The zero-order chi connectivity index (χ0) is 33.3. The predicted octanol–water partition coefficient (Wildman–Crippen LogP) is 3.90. The number of carbonyl (C=O) groups excluding carboxylic acids is 4. The van der Waals surface area contributed by atoms with Gasteiger partial charge in [0.2, 0.25) is 0 Å². The maximum atomic E-state index is 13.6. The number of aldehydes is 3. The summed E-state index contributed by atoms with van der Waals surface area (Å²) >= 11 is 0. The van der Waals surface area contributed by atoms with Gasteiger partial charge in [-0.3, -0.25) is 4.79 Å². The molecule has 12 heteroatoms. The van der Waals surface area contributed by atoms with Crippen LogP contribution in [0.2, 0.25) is 0 Å². The molecule has 246 valence electrons. The van der Waals surface area contributed by atoms with Crippen LogP contribution in [0.25, 0.3) is 11.1 Å². The van der Waals surface area contributed by atoms with Crippen LogP contribution in [-0.4, -0.2) is 84.3 Å². The number of epoxide rings is 3. The van der Waals surface area contributed by atoms with E-state index in [1.54, 1.807) is 38.5 Å². The minimum absolute atomic E-state index is 0.0463. The van der Waals surface area contributed by atoms with Crippen molar-refractivity contribution in [2.75, 3.05) is 41.2 Å². The van der Waals surface area contributed by atoms with Crippen LogP contribution < -0.4 is 4.74 Å². The Labute approximate surface area is 266 Å². The van der Waals surface area contributed by atoms with Gasteiger partial charge in [-0.25, -0.2) is 9.18 Å². The van der Waals surface area contributed by atoms with Crippen molar-refractivity contribution in [3.63, 3.8) is 0 Å². The second-order valence-electron chi connectivity index (χ2n) is 10.0. The maximum Gasteiger partial charge on any atom is 0.338 e. The molecule has 3 aliphatic heterocycles. The van der Waals surface area contributed by atoms with Gasteiger partial charge in [-0.05, 0) is 46.0 Å². The Morgan fingerprint density at radius 2 is 1.37 bits per heavy atom. The Morgan fingerprint density at radius 1 is 0.761 bits per heavy atom. The smallest absolute Gasteiger partial charge is 0.338 e. The maximum absolute atomic E-state index is 13.6. The first kappa shape index (κ1) is 36.1. The van der Waals surface area contributed by atoms with E-state index in [9.17, 15) is 23.6 Å². The van der Waals surface area contributed by atoms with Gasteiger partial charge in [-0.2, -0.15) is 0 Å². The molecule has 3 fully saturated rings. The largest absolute Gasteiger partial charge is 0.494 e. The summed E-state index contributed by atoms with van der Waals surface area (Å²) in [5.41, 5.74) is 5.13. The number of carbonyl (C=O) groups is 4. The zero-order valence-corrected chi connectivity index (χ0v) is 25.8. The zero-order valence-electron chi connectivity index (χ0n) is 25.8. The number of hydrogen-bond donors (Lipinski definition) is 0. The second kappa shape index (κ2) is 19.2. The van der Waals surface area contributed by atoms with Gasteiger partial charge in [-0.1, -0.05) is 42.5 Å². The van der Waals surface area contributed by atoms with Gasteiger partial charge >= 0.3 is 5.97 Å². The molecule has 3 heterocycles. The molecule has 0 amide bonds. The van der Waals surface area contributed by atoms with E-state index < -0.39 is 6.10 Å². The average molecular weight is 641 g/mol. The molecular formula is C34H37FO11. The van der Waals surface area contributed by atoms with E-state index in [2.05, 4.69) is 9.47 Å². The molecule has 0 aromatic heterocycles. The van der Waals surface area contributed by atoms with Crippen LogP contribution in [0, 0.1) is 5.82 Å². The highest BCUT2D eigenvalue weighted by molar-refractivity contribution is 5.77. The van der Waals surface area contributed by atoms with Gasteiger partial charge in [0, 0.05) is 19.8 Å². The summed E-state index contributed by atoms with van der Waals surface area (Å²) in [6.45, 7) is 2.84. The summed E-state index contributed by atoms with van der Waals surface area (Å²) in [6, 6.07) is 18.0. The van der Waals surface area contributed by atoms with Crippen LogP contribution in [0.15, 0.2) is 60.7 Å². The quantitative estimate of drug-likeness (QED) is 0.162. The summed E-state index contributed by atoms with van der Waals surface area (Å²) in [4.78, 5) is 40.9. The first-order valence-electron chi connectivity index (χ1n) is 14.2. The van der Waals surface area contributed by atoms with Crippen molar-refractivity contribution < 1.29 is 56.7 Å². The van der Waals surface area contributed by atoms with E-state index in [-0.39, 0.29) is 36.4 Å². The van der Waals surface area contributed by atoms with Crippen molar-refractivity contribution in [2.45, 2.75) is 38.1 Å². The number of benzene rings is 3. The topological polar surface area (TPSA) is 143 Å². The number of ether oxygens (including phenoxy) is 7. The molecule has 0 bridgehead atoms. The molecular weight excluding hydrogens is 603 g/mol. The van der Waals surface area contributed by atoms with Gasteiger partial charge in [0.15, 0.2) is 30.2 Å². The molecule has 0 radical (unpaired) electrons. The molecule has 0 N–H and O–H groups in total. The first-order chi connectivity index (χ1) is 22.3. The minimum atomic E-state index is -0.398. The van der Waals surface area contributed by atoms with E-state index in [1.807, 2.05) is 30.3 Å². The highest BCUT2D eigenvalue weighted by Crippen LogP contribution is 2.26. The molecule has 3 saturated heterocycles. The Morgan fingerprint density at radius 3 is 1.83 bits per heavy atom. The van der Waals surface area contributed by atoms with Crippen molar-refractivity contribution in [2.24, 2.45) is 0 Å². The molecule has 0 aliphatic carbocycles. The fraction of sp³-hybridized carbons (Fsp3) is 0.353. The lowest BCUT2D eigenvalue weighted by molar-refractivity contribution is -0.146. The SMILES string of the molecule is COCc1cc(C=O)ccc1COC(=O)C1CO1.COCc1ccc(-c2ccc(OC)c(F)c2)cc1.O=CC1CO1.O=CC1CO1. The third kappa shape index (κ3) is 13.0. The monoisotopic (exact) mass is 640 g/mol. The molecule has 6 rings (SSSR count). The summed E-state index contributed by atoms with van der Waals surface area (Å²) in [5.74, 6) is -0.441. The summed E-state index contributed by atoms with van der Waals surface area (Å²) in [5, 5.41) is 0. The second-order valence-corrected chi connectivity index (χ2v) is 10.0. The fourth-order valence-corrected chi connectivity index (χ4v) is 3.65. The average Bonchev–Trinajstić information content (AvgIpc) is 3.92. The molecule has 11 nitrogen and oxygen atoms in total. The van der Waals surface area contributed by atoms with Gasteiger partial charge in [0.25, 0.3) is 0 Å². The van der Waals surface area contributed by atoms with Crippen LogP contribution in [-0.2, 0) is 62.6 Å². The predicted molar refractivity (Wildman–Crippen MR) is 163 cm³/mol. The van der Waals surface area contributed by atoms with Gasteiger partial charge < -0.3 is 42.7 Å². The highest BCUT2D eigenvalue weighted by Gasteiger charge is 2.33. The van der Waals surface area contributed by atoms with Crippen LogP contribution in [0.1, 0.15) is 27.0 Å². The van der Waals surface area contributed by atoms with Gasteiger partial charge in [0.05, 0.1) is 40.1 Å². The molecule has 3 atom stereocenters. The van der Waals surface area contributed by atoms with Crippen LogP contribution in [0.3, 0.4) is 0 Å². The van der Waals surface area contributed by atoms with Crippen molar-refractivity contribution in [1.82, 2.24) is 0 Å². The molecule has 3 unspecified atom stereocenters. The van der Waals surface area contributed by atoms with Crippen LogP contribution in [0.4, 0.5) is 4.39 Å². The number of rotatable bonds is 12. The summed E-state index contributed by atoms with van der Waals surface area (Å²) in [7, 11) is 4.69. The molecule has 3 aromatic rings. The van der Waals surface area contributed by atoms with E-state index in [4.69, 9.17) is 23.7 Å². The molecule has 3 aromatic carbocycles. The Kier molecular flexibility index (Phi) is 15.1. The third-order valence-corrected chi connectivity index (χ3v) is 6.40. The number of esters is 1. The normalized spacial score (nSPS) is 18.0. The van der Waals surface area contributed by atoms with Crippen molar-refractivity contribution in [3.8, 4) is 16.9 Å². The molecule has 0 saturated carbocycles. The Balaban J connectivity index is 0.000000192. The molecule has 46 heavy (non-hydrogen) atoms. The van der Waals surface area contributed by atoms with E-state index >= 15 is 0 Å². The number of halogens is 1. The highest BCUT2D eigenvalue weighted by atomic mass is 19.1. The Bertz CT molecular complexity index is 1400. The number of methoxy groups -OCH3 is 3. The molecule has 3 aliphatic rings. The van der Waals surface area contributed by atoms with Crippen LogP contribution in [0.5, 0.6) is 5.75 Å². The van der Waals surface area contributed by atoms with E-state index in [0.717, 1.165) is 46.7 Å². The van der Waals surface area contributed by atoms with Crippen molar-refractivity contribution >= 4 is 24.8 Å². The van der Waals surface area contributed by atoms with E-state index in [0.29, 0.717) is 38.6 Å². The standard InChI is InChI=1S/C15H15FO2.C13H14O5.2C3H4O2/c1-17-10-11-3-5-12(6-4-11)13-7-8-15(18-2)14(16)9-13;1-16-6-11-4-9(5-14)2-3-10(11)7-18-13(15)12-8-17-12;2*4-1-3-2-5-3/h3-9H,10H2,1-2H3;2-5,12H,6-8H2,1H3;2*1,3H,2H2. The van der Waals surface area contributed by atoms with Gasteiger partial charge in [0.1, 0.15) is 25.1 Å². The number of hydrogen-bond acceptors (Lipinski definition) is 11. The van der Waals surface area contributed by atoms with E-state index in [1.165, 1.54) is 13.2 Å². The third-order valence-electron chi connectivity index (χ3n) is 6.40. The van der Waals surface area contributed by atoms with Gasteiger partial charge in [-0.15, -0.1) is 0 Å². The molecule has 0 spiro atoms. The first-order valence-corrected chi connectivity index (χ1v) is 14.2. The fourth-order valence-electron chi connectivity index (χ4n) is 3.65. The summed E-state index contributed by atoms with van der Waals surface area (Å²) in [6.07, 6.45) is 1.89. The lowest BCUT2D eigenvalue weighted by Crippen LogP contribution is -2.12. The lowest BCUT2D eigenvalue weighted by atomic mass is 10.0. The van der Waals surface area contributed by atoms with Crippen molar-refractivity contribution in [3.05, 3.63) is 88.7 Å². The van der Waals surface area contributed by atoms with Crippen LogP contribution >= 0.6 is 0 Å². The Hall–Kier alpha value is -4.33. The summed E-state index contributed by atoms with van der Waals surface area (Å²) < 4.78 is 47.5. The van der Waals surface area contributed by atoms with Crippen molar-refractivity contribution in [1.29, 1.82) is 0 Å².